The van der Waals surface area contributed by atoms with Crippen molar-refractivity contribution in [2.24, 2.45) is 0 Å². The van der Waals surface area contributed by atoms with Crippen molar-refractivity contribution in [3.8, 4) is 5.75 Å². The number of benzene rings is 2. The molecule has 2 aliphatic heterocycles. The lowest BCUT2D eigenvalue weighted by atomic mass is 9.98. The van der Waals surface area contributed by atoms with Crippen LogP contribution in [0.25, 0.3) is 0 Å². The fourth-order valence-electron chi connectivity index (χ4n) is 4.72. The van der Waals surface area contributed by atoms with Gasteiger partial charge in [0.2, 0.25) is 0 Å². The molecule has 0 aliphatic carbocycles. The molecule has 2 aromatic carbocycles. The van der Waals surface area contributed by atoms with Crippen molar-refractivity contribution in [1.29, 1.82) is 0 Å². The van der Waals surface area contributed by atoms with E-state index in [1.165, 1.54) is 41.5 Å². The molecule has 0 saturated carbocycles. The average Bonchev–Trinajstić information content (AvgIpc) is 3.06. The molecule has 2 saturated heterocycles. The minimum atomic E-state index is 0.134. The van der Waals surface area contributed by atoms with Gasteiger partial charge in [0, 0.05) is 18.6 Å². The Morgan fingerprint density at radius 3 is 2.69 bits per heavy atom. The highest BCUT2D eigenvalue weighted by Crippen LogP contribution is 2.39. The molecule has 2 aromatic rings. The van der Waals surface area contributed by atoms with Gasteiger partial charge in [0.05, 0.1) is 12.7 Å². The Morgan fingerprint density at radius 2 is 1.88 bits per heavy atom. The first-order chi connectivity index (χ1) is 12.6. The highest BCUT2D eigenvalue weighted by molar-refractivity contribution is 5.31. The highest BCUT2D eigenvalue weighted by atomic mass is 16.5. The van der Waals surface area contributed by atoms with E-state index in [9.17, 15) is 5.11 Å². The summed E-state index contributed by atoms with van der Waals surface area (Å²) in [4.78, 5) is 2.69. The summed E-state index contributed by atoms with van der Waals surface area (Å²) >= 11 is 0. The second-order valence-electron chi connectivity index (χ2n) is 7.89. The predicted molar refractivity (Wildman–Crippen MR) is 105 cm³/mol. The van der Waals surface area contributed by atoms with Gasteiger partial charge >= 0.3 is 0 Å². The van der Waals surface area contributed by atoms with Crippen molar-refractivity contribution in [3.63, 3.8) is 0 Å². The van der Waals surface area contributed by atoms with E-state index < -0.39 is 0 Å². The van der Waals surface area contributed by atoms with E-state index in [4.69, 9.17) is 4.74 Å². The summed E-state index contributed by atoms with van der Waals surface area (Å²) in [6.45, 7) is 6.24. The van der Waals surface area contributed by atoms with E-state index >= 15 is 0 Å². The number of morpholine rings is 1. The molecule has 0 unspecified atom stereocenters. The summed E-state index contributed by atoms with van der Waals surface area (Å²) in [5, 5.41) is 9.55. The summed E-state index contributed by atoms with van der Waals surface area (Å²) in [7, 11) is 0. The summed E-state index contributed by atoms with van der Waals surface area (Å²) in [5.74, 6) is 0.319. The Balaban J connectivity index is 1.44. The van der Waals surface area contributed by atoms with Crippen molar-refractivity contribution < 1.29 is 9.84 Å². The van der Waals surface area contributed by atoms with E-state index in [0.717, 1.165) is 19.6 Å². The van der Waals surface area contributed by atoms with Crippen LogP contribution in [0.1, 0.15) is 47.6 Å². The van der Waals surface area contributed by atoms with Crippen LogP contribution in [0.4, 0.5) is 0 Å². The van der Waals surface area contributed by atoms with Crippen LogP contribution in [0, 0.1) is 13.8 Å². The third-order valence-electron chi connectivity index (χ3n) is 6.16. The average molecular weight is 351 g/mol. The second-order valence-corrected chi connectivity index (χ2v) is 7.89. The number of ether oxygens (including phenoxy) is 1. The molecule has 0 radical (unpaired) electrons. The minimum absolute atomic E-state index is 0.134. The lowest BCUT2D eigenvalue weighted by molar-refractivity contribution is -0.0686. The Morgan fingerprint density at radius 1 is 1.08 bits per heavy atom. The third kappa shape index (κ3) is 3.51. The molecule has 3 nitrogen and oxygen atoms in total. The number of aromatic hydroxyl groups is 1. The molecule has 26 heavy (non-hydrogen) atoms. The monoisotopic (exact) mass is 351 g/mol. The van der Waals surface area contributed by atoms with Gasteiger partial charge < -0.3 is 9.84 Å². The SMILES string of the molecule is Cc1ccc(C)c(CC[C@@H]2CC[C@H]3[C@H](c4ccc(O)cc4)OCCN23)c1. The number of hydrogen-bond acceptors (Lipinski definition) is 3. The number of fused-ring (bicyclic) bond motifs is 1. The Labute approximate surface area is 156 Å². The first-order valence-corrected chi connectivity index (χ1v) is 9.84. The zero-order valence-electron chi connectivity index (χ0n) is 15.8. The lowest BCUT2D eigenvalue weighted by Gasteiger charge is -2.39. The smallest absolute Gasteiger partial charge is 0.115 e. The molecular formula is C23H29NO2. The van der Waals surface area contributed by atoms with Crippen LogP contribution < -0.4 is 0 Å². The van der Waals surface area contributed by atoms with Crippen LogP contribution >= 0.6 is 0 Å². The molecular weight excluding hydrogens is 322 g/mol. The van der Waals surface area contributed by atoms with Crippen LogP contribution in [-0.2, 0) is 11.2 Å². The van der Waals surface area contributed by atoms with Crippen LogP contribution in [0.2, 0.25) is 0 Å². The predicted octanol–water partition coefficient (Wildman–Crippen LogP) is 4.55. The van der Waals surface area contributed by atoms with E-state index in [-0.39, 0.29) is 6.10 Å². The van der Waals surface area contributed by atoms with Gasteiger partial charge in [-0.15, -0.1) is 0 Å². The van der Waals surface area contributed by atoms with Crippen LogP contribution in [0.15, 0.2) is 42.5 Å². The zero-order valence-corrected chi connectivity index (χ0v) is 15.8. The van der Waals surface area contributed by atoms with Gasteiger partial charge in [-0.05, 0) is 68.4 Å². The molecule has 0 amide bonds. The molecule has 2 fully saturated rings. The molecule has 3 atom stereocenters. The number of aryl methyl sites for hydroxylation is 3. The van der Waals surface area contributed by atoms with Gasteiger partial charge in [0.1, 0.15) is 5.75 Å². The van der Waals surface area contributed by atoms with Crippen LogP contribution in [0.5, 0.6) is 5.75 Å². The molecule has 0 spiro atoms. The summed E-state index contributed by atoms with van der Waals surface area (Å²) < 4.78 is 6.14. The van der Waals surface area contributed by atoms with Crippen molar-refractivity contribution in [3.05, 3.63) is 64.7 Å². The molecule has 0 aromatic heterocycles. The third-order valence-corrected chi connectivity index (χ3v) is 6.16. The van der Waals surface area contributed by atoms with Gasteiger partial charge in [-0.1, -0.05) is 35.9 Å². The van der Waals surface area contributed by atoms with Gasteiger partial charge in [-0.2, -0.15) is 0 Å². The summed E-state index contributed by atoms with van der Waals surface area (Å²) in [6, 6.07) is 15.5. The van der Waals surface area contributed by atoms with Gasteiger partial charge in [0.15, 0.2) is 0 Å². The molecule has 1 N–H and O–H groups in total. The minimum Gasteiger partial charge on any atom is -0.508 e. The van der Waals surface area contributed by atoms with Crippen LogP contribution in [-0.4, -0.2) is 35.2 Å². The van der Waals surface area contributed by atoms with Crippen molar-refractivity contribution in [2.75, 3.05) is 13.2 Å². The fraction of sp³-hybridized carbons (Fsp3) is 0.478. The fourth-order valence-corrected chi connectivity index (χ4v) is 4.72. The molecule has 138 valence electrons. The molecule has 2 aliphatic rings. The Hall–Kier alpha value is -1.84. The zero-order chi connectivity index (χ0) is 18.1. The van der Waals surface area contributed by atoms with E-state index in [0.29, 0.717) is 17.8 Å². The molecule has 0 bridgehead atoms. The second kappa shape index (κ2) is 7.42. The topological polar surface area (TPSA) is 32.7 Å². The summed E-state index contributed by atoms with van der Waals surface area (Å²) in [6.07, 6.45) is 4.97. The van der Waals surface area contributed by atoms with Gasteiger partial charge in [-0.3, -0.25) is 4.90 Å². The number of phenolic OH excluding ortho intramolecular Hbond substituents is 1. The quantitative estimate of drug-likeness (QED) is 0.877. The maximum Gasteiger partial charge on any atom is 0.115 e. The maximum atomic E-state index is 9.55. The number of hydrogen-bond donors (Lipinski definition) is 1. The Bertz CT molecular complexity index is 755. The van der Waals surface area contributed by atoms with Gasteiger partial charge in [0.25, 0.3) is 0 Å². The Kier molecular flexibility index (Phi) is 5.01. The first kappa shape index (κ1) is 17.6. The van der Waals surface area contributed by atoms with Crippen molar-refractivity contribution in [1.82, 2.24) is 4.90 Å². The van der Waals surface area contributed by atoms with E-state index in [1.54, 1.807) is 12.1 Å². The number of phenols is 1. The molecule has 4 rings (SSSR count). The standard InChI is InChI=1S/C23H29NO2/c1-16-3-4-17(2)19(15-16)5-8-20-9-12-22-23(26-14-13-24(20)22)18-6-10-21(25)11-7-18/h3-4,6-7,10-11,15,20,22-23,25H,5,8-9,12-14H2,1-2H3/t20-,22+,23+/m1/s1. The van der Waals surface area contributed by atoms with Crippen molar-refractivity contribution >= 4 is 0 Å². The van der Waals surface area contributed by atoms with Gasteiger partial charge in [-0.25, -0.2) is 0 Å². The van der Waals surface area contributed by atoms with E-state index in [2.05, 4.69) is 36.9 Å². The normalized spacial score (nSPS) is 26.0. The molecule has 2 heterocycles. The maximum absolute atomic E-state index is 9.55. The first-order valence-electron chi connectivity index (χ1n) is 9.84. The largest absolute Gasteiger partial charge is 0.508 e. The lowest BCUT2D eigenvalue weighted by Crippen LogP contribution is -2.46. The highest BCUT2D eigenvalue weighted by Gasteiger charge is 2.41. The van der Waals surface area contributed by atoms with Crippen LogP contribution in [0.3, 0.4) is 0 Å². The number of rotatable bonds is 4. The number of nitrogens with zero attached hydrogens (tertiary/aromatic N) is 1. The van der Waals surface area contributed by atoms with E-state index in [1.807, 2.05) is 12.1 Å². The molecule has 3 heteroatoms. The van der Waals surface area contributed by atoms with Crippen molar-refractivity contribution in [2.45, 2.75) is 57.7 Å². The summed E-state index contributed by atoms with van der Waals surface area (Å²) in [5.41, 5.74) is 5.45.